The Morgan fingerprint density at radius 1 is 1.23 bits per heavy atom. The van der Waals surface area contributed by atoms with Gasteiger partial charge in [-0.15, -0.1) is 12.4 Å². The van der Waals surface area contributed by atoms with Gasteiger partial charge in [-0.3, -0.25) is 9.88 Å². The van der Waals surface area contributed by atoms with Crippen molar-refractivity contribution in [1.29, 1.82) is 0 Å². The Kier molecular flexibility index (Phi) is 5.89. The minimum Gasteiger partial charge on any atom is -0.312 e. The van der Waals surface area contributed by atoms with Gasteiger partial charge in [0.1, 0.15) is 5.82 Å². The lowest BCUT2D eigenvalue weighted by molar-refractivity contribution is 0.197. The predicted molar refractivity (Wildman–Crippen MR) is 89.6 cm³/mol. The third-order valence-corrected chi connectivity index (χ3v) is 3.91. The van der Waals surface area contributed by atoms with Gasteiger partial charge in [0.2, 0.25) is 0 Å². The van der Waals surface area contributed by atoms with Crippen molar-refractivity contribution in [2.45, 2.75) is 19.5 Å². The average Bonchev–Trinajstić information content (AvgIpc) is 2.50. The largest absolute Gasteiger partial charge is 0.312 e. The molecule has 22 heavy (non-hydrogen) atoms. The lowest BCUT2D eigenvalue weighted by atomic mass is 10.0. The van der Waals surface area contributed by atoms with Crippen LogP contribution in [0.5, 0.6) is 0 Å². The van der Waals surface area contributed by atoms with Gasteiger partial charge in [-0.1, -0.05) is 12.1 Å². The summed E-state index contributed by atoms with van der Waals surface area (Å²) in [6.07, 6.45) is 3.45. The summed E-state index contributed by atoms with van der Waals surface area (Å²) in [4.78, 5) is 6.29. The minimum absolute atomic E-state index is 0. The first kappa shape index (κ1) is 16.9. The molecule has 0 radical (unpaired) electrons. The lowest BCUT2D eigenvalue weighted by Gasteiger charge is -2.31. The molecule has 1 aliphatic heterocycles. The van der Waals surface area contributed by atoms with E-state index in [1.54, 1.807) is 18.5 Å². The number of rotatable bonds is 3. The van der Waals surface area contributed by atoms with E-state index in [4.69, 9.17) is 0 Å². The Balaban J connectivity index is 0.00000176. The molecule has 1 fully saturated rings. The van der Waals surface area contributed by atoms with Crippen molar-refractivity contribution >= 4 is 12.4 Å². The second kappa shape index (κ2) is 7.68. The third kappa shape index (κ3) is 4.03. The molecule has 1 atom stereocenters. The fourth-order valence-electron chi connectivity index (χ4n) is 2.80. The fraction of sp³-hybridized carbons (Fsp3) is 0.353. The van der Waals surface area contributed by atoms with Gasteiger partial charge in [-0.25, -0.2) is 4.39 Å². The molecule has 0 amide bonds. The van der Waals surface area contributed by atoms with Crippen LogP contribution in [0, 0.1) is 5.82 Å². The Hall–Kier alpha value is -1.49. The average molecular weight is 322 g/mol. The Morgan fingerprint density at radius 2 is 2.00 bits per heavy atom. The summed E-state index contributed by atoms with van der Waals surface area (Å²) in [7, 11) is 0. The van der Waals surface area contributed by atoms with Gasteiger partial charge in [0.25, 0.3) is 0 Å². The van der Waals surface area contributed by atoms with E-state index >= 15 is 0 Å². The molecule has 3 rings (SSSR count). The summed E-state index contributed by atoms with van der Waals surface area (Å²) < 4.78 is 14.3. The van der Waals surface area contributed by atoms with Crippen LogP contribution in [0.1, 0.15) is 12.5 Å². The maximum Gasteiger partial charge on any atom is 0.128 e. The SMILES string of the molecule is C[C@H]1CN(Cc2ccc(-c3ccncc3)cc2F)CCN1.Cl. The molecule has 1 aromatic heterocycles. The maximum absolute atomic E-state index is 14.3. The quantitative estimate of drug-likeness (QED) is 0.941. The van der Waals surface area contributed by atoms with Crippen molar-refractivity contribution in [2.75, 3.05) is 19.6 Å². The van der Waals surface area contributed by atoms with E-state index in [0.717, 1.165) is 36.3 Å². The van der Waals surface area contributed by atoms with Gasteiger partial charge in [0.15, 0.2) is 0 Å². The molecular weight excluding hydrogens is 301 g/mol. The first-order valence-electron chi connectivity index (χ1n) is 7.37. The van der Waals surface area contributed by atoms with E-state index < -0.39 is 0 Å². The summed E-state index contributed by atoms with van der Waals surface area (Å²) in [5.41, 5.74) is 2.65. The van der Waals surface area contributed by atoms with E-state index in [-0.39, 0.29) is 18.2 Å². The highest BCUT2D eigenvalue weighted by Gasteiger charge is 2.17. The maximum atomic E-state index is 14.3. The number of hydrogen-bond acceptors (Lipinski definition) is 3. The second-order valence-corrected chi connectivity index (χ2v) is 5.63. The predicted octanol–water partition coefficient (Wildman–Crippen LogP) is 3.10. The van der Waals surface area contributed by atoms with Crippen LogP contribution < -0.4 is 5.32 Å². The van der Waals surface area contributed by atoms with Crippen LogP contribution in [-0.2, 0) is 6.54 Å². The topological polar surface area (TPSA) is 28.2 Å². The number of halogens is 2. The number of benzene rings is 1. The second-order valence-electron chi connectivity index (χ2n) is 5.63. The van der Waals surface area contributed by atoms with Crippen molar-refractivity contribution in [3.05, 3.63) is 54.1 Å². The van der Waals surface area contributed by atoms with Crippen LogP contribution in [0.4, 0.5) is 4.39 Å². The van der Waals surface area contributed by atoms with Crippen LogP contribution in [-0.4, -0.2) is 35.6 Å². The molecule has 0 unspecified atom stereocenters. The number of piperazine rings is 1. The number of nitrogens with zero attached hydrogens (tertiary/aromatic N) is 2. The molecule has 0 aliphatic carbocycles. The number of aromatic nitrogens is 1. The van der Waals surface area contributed by atoms with Crippen molar-refractivity contribution in [3.63, 3.8) is 0 Å². The van der Waals surface area contributed by atoms with Crippen LogP contribution >= 0.6 is 12.4 Å². The molecule has 1 saturated heterocycles. The molecule has 3 nitrogen and oxygen atoms in total. The summed E-state index contributed by atoms with van der Waals surface area (Å²) in [6, 6.07) is 9.77. The highest BCUT2D eigenvalue weighted by Crippen LogP contribution is 2.22. The van der Waals surface area contributed by atoms with Crippen LogP contribution in [0.25, 0.3) is 11.1 Å². The third-order valence-electron chi connectivity index (χ3n) is 3.91. The molecule has 1 aliphatic rings. The zero-order valence-corrected chi connectivity index (χ0v) is 13.4. The summed E-state index contributed by atoms with van der Waals surface area (Å²) >= 11 is 0. The molecule has 1 aromatic carbocycles. The summed E-state index contributed by atoms with van der Waals surface area (Å²) in [5.74, 6) is -0.129. The van der Waals surface area contributed by atoms with E-state index in [1.165, 1.54) is 0 Å². The number of hydrogen-bond donors (Lipinski definition) is 1. The Bertz CT molecular complexity index is 606. The molecule has 2 heterocycles. The summed E-state index contributed by atoms with van der Waals surface area (Å²) in [6.45, 7) is 5.74. The highest BCUT2D eigenvalue weighted by molar-refractivity contribution is 5.85. The zero-order chi connectivity index (χ0) is 14.7. The van der Waals surface area contributed by atoms with Gasteiger partial charge < -0.3 is 5.32 Å². The molecule has 0 spiro atoms. The first-order valence-corrected chi connectivity index (χ1v) is 7.37. The Labute approximate surface area is 137 Å². The highest BCUT2D eigenvalue weighted by atomic mass is 35.5. The van der Waals surface area contributed by atoms with Crippen LogP contribution in [0.3, 0.4) is 0 Å². The van der Waals surface area contributed by atoms with E-state index in [9.17, 15) is 4.39 Å². The van der Waals surface area contributed by atoms with Gasteiger partial charge in [0, 0.05) is 50.2 Å². The van der Waals surface area contributed by atoms with E-state index in [2.05, 4.69) is 22.1 Å². The van der Waals surface area contributed by atoms with Crippen LogP contribution in [0.15, 0.2) is 42.7 Å². The minimum atomic E-state index is -0.129. The van der Waals surface area contributed by atoms with Crippen molar-refractivity contribution in [3.8, 4) is 11.1 Å². The molecule has 1 N–H and O–H groups in total. The normalized spacial score (nSPS) is 18.7. The lowest BCUT2D eigenvalue weighted by Crippen LogP contribution is -2.48. The van der Waals surface area contributed by atoms with Crippen molar-refractivity contribution < 1.29 is 4.39 Å². The summed E-state index contributed by atoms with van der Waals surface area (Å²) in [5, 5.41) is 3.40. The van der Waals surface area contributed by atoms with Gasteiger partial charge in [-0.2, -0.15) is 0 Å². The fourth-order valence-corrected chi connectivity index (χ4v) is 2.80. The Morgan fingerprint density at radius 3 is 2.68 bits per heavy atom. The zero-order valence-electron chi connectivity index (χ0n) is 12.6. The molecule has 118 valence electrons. The molecule has 5 heteroatoms. The van der Waals surface area contributed by atoms with Gasteiger partial charge in [0.05, 0.1) is 0 Å². The van der Waals surface area contributed by atoms with E-state index in [0.29, 0.717) is 12.6 Å². The number of pyridine rings is 1. The smallest absolute Gasteiger partial charge is 0.128 e. The first-order chi connectivity index (χ1) is 10.2. The van der Waals surface area contributed by atoms with Gasteiger partial charge in [-0.05, 0) is 36.2 Å². The van der Waals surface area contributed by atoms with Crippen molar-refractivity contribution in [1.82, 2.24) is 15.2 Å². The molecular formula is C17H21ClFN3. The molecule has 2 aromatic rings. The standard InChI is InChI=1S/C17H20FN3.ClH/c1-13-11-21(9-8-20-13)12-16-3-2-15(10-17(16)18)14-4-6-19-7-5-14;/h2-7,10,13,20H,8-9,11-12H2,1H3;1H/t13-;/m0./s1. The van der Waals surface area contributed by atoms with Gasteiger partial charge >= 0.3 is 0 Å². The molecule has 0 saturated carbocycles. The molecule has 0 bridgehead atoms. The number of nitrogens with one attached hydrogen (secondary N) is 1. The monoisotopic (exact) mass is 321 g/mol. The van der Waals surface area contributed by atoms with Crippen LogP contribution in [0.2, 0.25) is 0 Å². The van der Waals surface area contributed by atoms with Crippen molar-refractivity contribution in [2.24, 2.45) is 0 Å². The van der Waals surface area contributed by atoms with E-state index in [1.807, 2.05) is 24.3 Å².